The Kier molecular flexibility index (Phi) is 5.32. The van der Waals surface area contributed by atoms with E-state index in [-0.39, 0.29) is 6.61 Å². The number of carboxylic acid groups (broad SMARTS) is 1. The van der Waals surface area contributed by atoms with E-state index in [1.807, 2.05) is 0 Å². The Labute approximate surface area is 86.8 Å². The number of hydrogen-bond acceptors (Lipinski definition) is 5. The molecule has 0 spiro atoms. The second kappa shape index (κ2) is 5.97. The average molecular weight is 218 g/mol. The molecular weight excluding hydrogens is 204 g/mol. The summed E-state index contributed by atoms with van der Waals surface area (Å²) in [5.74, 6) is -2.82. The SMILES string of the molecule is CCOC(=O)C(N)C(=O)N(C)CC(=O)O. The summed E-state index contributed by atoms with van der Waals surface area (Å²) < 4.78 is 4.52. The first-order valence-electron chi connectivity index (χ1n) is 4.29. The highest BCUT2D eigenvalue weighted by Crippen LogP contribution is 1.93. The molecule has 0 rings (SSSR count). The van der Waals surface area contributed by atoms with Gasteiger partial charge in [-0.05, 0) is 6.92 Å². The van der Waals surface area contributed by atoms with Crippen LogP contribution in [0.15, 0.2) is 0 Å². The number of carboxylic acids is 1. The third-order valence-electron chi connectivity index (χ3n) is 1.56. The van der Waals surface area contributed by atoms with Crippen LogP contribution in [-0.2, 0) is 19.1 Å². The second-order valence-corrected chi connectivity index (χ2v) is 2.82. The van der Waals surface area contributed by atoms with Crippen LogP contribution in [0.4, 0.5) is 0 Å². The van der Waals surface area contributed by atoms with Crippen LogP contribution in [0.2, 0.25) is 0 Å². The van der Waals surface area contributed by atoms with Crippen molar-refractivity contribution in [3.8, 4) is 0 Å². The summed E-state index contributed by atoms with van der Waals surface area (Å²) in [5.41, 5.74) is 5.26. The summed E-state index contributed by atoms with van der Waals surface area (Å²) in [6.45, 7) is 1.18. The van der Waals surface area contributed by atoms with Crippen LogP contribution in [0.3, 0.4) is 0 Å². The molecule has 1 atom stereocenters. The third kappa shape index (κ3) is 4.41. The van der Waals surface area contributed by atoms with Crippen LogP contribution >= 0.6 is 0 Å². The van der Waals surface area contributed by atoms with Crippen LogP contribution in [0.1, 0.15) is 6.92 Å². The number of aliphatic carboxylic acids is 1. The molecular formula is C8H14N2O5. The number of hydrogen-bond donors (Lipinski definition) is 2. The van der Waals surface area contributed by atoms with Gasteiger partial charge in [0.05, 0.1) is 6.61 Å². The predicted octanol–water partition coefficient (Wildman–Crippen LogP) is -1.58. The fourth-order valence-corrected chi connectivity index (χ4v) is 0.851. The van der Waals surface area contributed by atoms with Gasteiger partial charge in [0.1, 0.15) is 6.54 Å². The number of esters is 1. The Morgan fingerprint density at radius 1 is 1.47 bits per heavy atom. The molecule has 0 aromatic rings. The molecule has 0 aliphatic heterocycles. The van der Waals surface area contributed by atoms with Gasteiger partial charge in [0, 0.05) is 7.05 Å². The molecule has 7 heteroatoms. The molecule has 0 heterocycles. The van der Waals surface area contributed by atoms with Gasteiger partial charge in [-0.2, -0.15) is 0 Å². The van der Waals surface area contributed by atoms with E-state index >= 15 is 0 Å². The van der Waals surface area contributed by atoms with Crippen molar-refractivity contribution < 1.29 is 24.2 Å². The van der Waals surface area contributed by atoms with Gasteiger partial charge in [0.15, 0.2) is 6.04 Å². The molecule has 0 fully saturated rings. The molecule has 0 radical (unpaired) electrons. The number of likely N-dealkylation sites (N-methyl/N-ethyl adjacent to an activating group) is 1. The number of carbonyl (C=O) groups is 3. The van der Waals surface area contributed by atoms with Gasteiger partial charge in [-0.25, -0.2) is 4.79 Å². The number of amides is 1. The standard InChI is InChI=1S/C8H14N2O5/c1-3-15-8(14)6(9)7(13)10(2)4-5(11)12/h6H,3-4,9H2,1-2H3,(H,11,12). The highest BCUT2D eigenvalue weighted by atomic mass is 16.5. The highest BCUT2D eigenvalue weighted by Gasteiger charge is 2.27. The van der Waals surface area contributed by atoms with E-state index in [0.29, 0.717) is 0 Å². The lowest BCUT2D eigenvalue weighted by Crippen LogP contribution is -2.48. The molecule has 1 unspecified atom stereocenters. The number of carbonyl (C=O) groups excluding carboxylic acids is 2. The smallest absolute Gasteiger partial charge is 0.332 e. The van der Waals surface area contributed by atoms with Crippen molar-refractivity contribution in [2.24, 2.45) is 5.73 Å². The monoisotopic (exact) mass is 218 g/mol. The zero-order valence-corrected chi connectivity index (χ0v) is 8.60. The molecule has 0 saturated carbocycles. The lowest BCUT2D eigenvalue weighted by atomic mass is 10.3. The van der Waals surface area contributed by atoms with Crippen molar-refractivity contribution in [1.29, 1.82) is 0 Å². The van der Waals surface area contributed by atoms with Crippen LogP contribution in [0.5, 0.6) is 0 Å². The number of nitrogens with two attached hydrogens (primary N) is 1. The van der Waals surface area contributed by atoms with Gasteiger partial charge in [0.25, 0.3) is 5.91 Å². The van der Waals surface area contributed by atoms with Crippen LogP contribution < -0.4 is 5.73 Å². The number of ether oxygens (including phenoxy) is 1. The van der Waals surface area contributed by atoms with E-state index in [1.165, 1.54) is 7.05 Å². The molecule has 7 nitrogen and oxygen atoms in total. The molecule has 0 saturated heterocycles. The van der Waals surface area contributed by atoms with Crippen molar-refractivity contribution in [3.63, 3.8) is 0 Å². The first kappa shape index (κ1) is 13.4. The van der Waals surface area contributed by atoms with Crippen LogP contribution in [-0.4, -0.2) is 54.1 Å². The van der Waals surface area contributed by atoms with Crippen molar-refractivity contribution in [2.45, 2.75) is 13.0 Å². The average Bonchev–Trinajstić information content (AvgIpc) is 2.14. The first-order chi connectivity index (χ1) is 6.90. The maximum absolute atomic E-state index is 11.3. The molecule has 3 N–H and O–H groups in total. The molecule has 0 bridgehead atoms. The fraction of sp³-hybridized carbons (Fsp3) is 0.625. The lowest BCUT2D eigenvalue weighted by Gasteiger charge is -2.18. The fourth-order valence-electron chi connectivity index (χ4n) is 0.851. The summed E-state index contributed by atoms with van der Waals surface area (Å²) in [5, 5.41) is 8.41. The minimum Gasteiger partial charge on any atom is -0.480 e. The summed E-state index contributed by atoms with van der Waals surface area (Å²) in [6, 6.07) is -1.46. The van der Waals surface area contributed by atoms with Gasteiger partial charge >= 0.3 is 11.9 Å². The first-order valence-corrected chi connectivity index (χ1v) is 4.29. The van der Waals surface area contributed by atoms with Crippen molar-refractivity contribution in [1.82, 2.24) is 4.90 Å². The normalized spacial score (nSPS) is 11.7. The minimum absolute atomic E-state index is 0.114. The molecule has 15 heavy (non-hydrogen) atoms. The summed E-state index contributed by atoms with van der Waals surface area (Å²) in [4.78, 5) is 33.5. The highest BCUT2D eigenvalue weighted by molar-refractivity contribution is 6.02. The van der Waals surface area contributed by atoms with E-state index in [4.69, 9.17) is 10.8 Å². The molecule has 1 amide bonds. The Morgan fingerprint density at radius 2 is 2.00 bits per heavy atom. The molecule has 0 aromatic carbocycles. The topological polar surface area (TPSA) is 110 Å². The van der Waals surface area contributed by atoms with Crippen molar-refractivity contribution in [3.05, 3.63) is 0 Å². The second-order valence-electron chi connectivity index (χ2n) is 2.82. The van der Waals surface area contributed by atoms with E-state index in [9.17, 15) is 14.4 Å². The Bertz CT molecular complexity index is 266. The van der Waals surface area contributed by atoms with E-state index in [1.54, 1.807) is 6.92 Å². The zero-order chi connectivity index (χ0) is 12.0. The summed E-state index contributed by atoms with van der Waals surface area (Å²) in [6.07, 6.45) is 0. The maximum Gasteiger partial charge on any atom is 0.332 e. The van der Waals surface area contributed by atoms with Crippen molar-refractivity contribution >= 4 is 17.8 Å². The van der Waals surface area contributed by atoms with Gasteiger partial charge in [-0.15, -0.1) is 0 Å². The maximum atomic E-state index is 11.3. The lowest BCUT2D eigenvalue weighted by molar-refractivity contribution is -0.153. The van der Waals surface area contributed by atoms with E-state index in [2.05, 4.69) is 4.74 Å². The Balaban J connectivity index is 4.30. The quantitative estimate of drug-likeness (QED) is 0.425. The van der Waals surface area contributed by atoms with Crippen LogP contribution in [0.25, 0.3) is 0 Å². The minimum atomic E-state index is -1.46. The molecule has 86 valence electrons. The predicted molar refractivity (Wildman–Crippen MR) is 49.9 cm³/mol. The number of rotatable bonds is 5. The van der Waals surface area contributed by atoms with Gasteiger partial charge < -0.3 is 20.5 Å². The summed E-state index contributed by atoms with van der Waals surface area (Å²) >= 11 is 0. The summed E-state index contributed by atoms with van der Waals surface area (Å²) in [7, 11) is 1.25. The zero-order valence-electron chi connectivity index (χ0n) is 8.60. The Hall–Kier alpha value is -1.63. The molecule has 0 aliphatic carbocycles. The third-order valence-corrected chi connectivity index (χ3v) is 1.56. The van der Waals surface area contributed by atoms with E-state index < -0.39 is 30.4 Å². The largest absolute Gasteiger partial charge is 0.480 e. The Morgan fingerprint density at radius 3 is 2.40 bits per heavy atom. The molecule has 0 aromatic heterocycles. The number of nitrogens with zero attached hydrogens (tertiary/aromatic N) is 1. The molecule has 0 aliphatic rings. The van der Waals surface area contributed by atoms with Gasteiger partial charge in [0.2, 0.25) is 0 Å². The van der Waals surface area contributed by atoms with E-state index in [0.717, 1.165) is 4.90 Å². The van der Waals surface area contributed by atoms with Gasteiger partial charge in [-0.1, -0.05) is 0 Å². The van der Waals surface area contributed by atoms with Crippen molar-refractivity contribution in [2.75, 3.05) is 20.2 Å². The van der Waals surface area contributed by atoms with Gasteiger partial charge in [-0.3, -0.25) is 9.59 Å². The van der Waals surface area contributed by atoms with Crippen LogP contribution in [0, 0.1) is 0 Å².